The second-order valence-electron chi connectivity index (χ2n) is 29.2. The minimum atomic E-state index is -4.96. The number of ether oxygens (including phenoxy) is 4. The molecule has 0 aliphatic rings. The van der Waals surface area contributed by atoms with Gasteiger partial charge in [0.1, 0.15) is 19.3 Å². The third kappa shape index (κ3) is 67.9. The van der Waals surface area contributed by atoms with E-state index in [1.807, 2.05) is 0 Å². The molecular formula is C77H150O17P2. The molecule has 3 N–H and O–H groups in total. The molecule has 0 saturated heterocycles. The highest BCUT2D eigenvalue weighted by Gasteiger charge is 2.30. The quantitative estimate of drug-likeness (QED) is 0.0222. The van der Waals surface area contributed by atoms with E-state index in [0.717, 1.165) is 120 Å². The van der Waals surface area contributed by atoms with Crippen LogP contribution in [0.4, 0.5) is 0 Å². The lowest BCUT2D eigenvalue weighted by molar-refractivity contribution is -0.161. The summed E-state index contributed by atoms with van der Waals surface area (Å²) in [7, 11) is -9.91. The maximum absolute atomic E-state index is 13.1. The van der Waals surface area contributed by atoms with Crippen molar-refractivity contribution in [2.75, 3.05) is 39.6 Å². The fourth-order valence-electron chi connectivity index (χ4n) is 11.7. The van der Waals surface area contributed by atoms with E-state index in [1.165, 1.54) is 186 Å². The van der Waals surface area contributed by atoms with Crippen LogP contribution >= 0.6 is 15.6 Å². The second kappa shape index (κ2) is 66.3. The summed E-state index contributed by atoms with van der Waals surface area (Å²) in [6, 6.07) is 0. The highest BCUT2D eigenvalue weighted by atomic mass is 31.2. The van der Waals surface area contributed by atoms with Gasteiger partial charge in [0.25, 0.3) is 0 Å². The first-order chi connectivity index (χ1) is 46.2. The van der Waals surface area contributed by atoms with Crippen LogP contribution in [0.25, 0.3) is 0 Å². The summed E-state index contributed by atoms with van der Waals surface area (Å²) >= 11 is 0. The zero-order valence-electron chi connectivity index (χ0n) is 63.0. The molecule has 0 radical (unpaired) electrons. The minimum absolute atomic E-state index is 0.103. The summed E-state index contributed by atoms with van der Waals surface area (Å²) in [4.78, 5) is 72.8. The van der Waals surface area contributed by atoms with Gasteiger partial charge in [0.2, 0.25) is 0 Å². The maximum atomic E-state index is 13.1. The van der Waals surface area contributed by atoms with Crippen LogP contribution < -0.4 is 0 Å². The van der Waals surface area contributed by atoms with E-state index in [0.29, 0.717) is 25.7 Å². The third-order valence-electron chi connectivity index (χ3n) is 18.5. The minimum Gasteiger partial charge on any atom is -0.462 e. The number of rotatable bonds is 74. The molecule has 96 heavy (non-hydrogen) atoms. The summed E-state index contributed by atoms with van der Waals surface area (Å²) < 4.78 is 68.5. The van der Waals surface area contributed by atoms with E-state index in [9.17, 15) is 43.2 Å². The maximum Gasteiger partial charge on any atom is 0.472 e. The fourth-order valence-corrected chi connectivity index (χ4v) is 13.2. The van der Waals surface area contributed by atoms with Crippen molar-refractivity contribution in [3.63, 3.8) is 0 Å². The zero-order chi connectivity index (χ0) is 71.0. The normalized spacial score (nSPS) is 14.7. The van der Waals surface area contributed by atoms with Crippen LogP contribution in [0.1, 0.15) is 389 Å². The van der Waals surface area contributed by atoms with Crippen LogP contribution in [0.5, 0.6) is 0 Å². The summed E-state index contributed by atoms with van der Waals surface area (Å²) in [6.07, 6.45) is 51.5. The first kappa shape index (κ1) is 94.1. The van der Waals surface area contributed by atoms with Gasteiger partial charge in [0.15, 0.2) is 12.2 Å². The number of unbranched alkanes of at least 4 members (excludes halogenated alkanes) is 38. The molecule has 0 rings (SSSR count). The van der Waals surface area contributed by atoms with Gasteiger partial charge in [0, 0.05) is 25.7 Å². The molecule has 570 valence electrons. The summed E-state index contributed by atoms with van der Waals surface area (Å²) in [5.74, 6) is 0.929. The molecule has 7 atom stereocenters. The molecule has 0 aliphatic heterocycles. The first-order valence-electron chi connectivity index (χ1n) is 39.8. The molecule has 0 saturated carbocycles. The van der Waals surface area contributed by atoms with Crippen LogP contribution in [-0.4, -0.2) is 96.7 Å². The molecule has 0 bridgehead atoms. The van der Waals surface area contributed by atoms with Gasteiger partial charge in [-0.2, -0.15) is 0 Å². The van der Waals surface area contributed by atoms with Gasteiger partial charge in [-0.05, 0) is 49.4 Å². The Hall–Kier alpha value is -1.94. The number of carbonyl (C=O) groups excluding carboxylic acids is 4. The fraction of sp³-hybridized carbons (Fsp3) is 0.948. The van der Waals surface area contributed by atoms with Crippen molar-refractivity contribution in [2.45, 2.75) is 408 Å². The Morgan fingerprint density at radius 3 is 0.740 bits per heavy atom. The van der Waals surface area contributed by atoms with Crippen molar-refractivity contribution in [3.8, 4) is 0 Å². The highest BCUT2D eigenvalue weighted by Crippen LogP contribution is 2.45. The van der Waals surface area contributed by atoms with Crippen LogP contribution in [0.2, 0.25) is 0 Å². The van der Waals surface area contributed by atoms with E-state index >= 15 is 0 Å². The molecule has 0 amide bonds. The van der Waals surface area contributed by atoms with Gasteiger partial charge < -0.3 is 33.8 Å². The zero-order valence-corrected chi connectivity index (χ0v) is 64.8. The molecule has 0 aromatic carbocycles. The number of esters is 4. The van der Waals surface area contributed by atoms with Gasteiger partial charge in [-0.1, -0.05) is 338 Å². The molecular weight excluding hydrogens is 1260 g/mol. The molecule has 4 unspecified atom stereocenters. The molecule has 0 fully saturated rings. The van der Waals surface area contributed by atoms with Crippen LogP contribution in [0.3, 0.4) is 0 Å². The first-order valence-corrected chi connectivity index (χ1v) is 42.8. The summed E-state index contributed by atoms with van der Waals surface area (Å²) in [5.41, 5.74) is 0. The van der Waals surface area contributed by atoms with Crippen molar-refractivity contribution in [2.24, 2.45) is 23.7 Å². The highest BCUT2D eigenvalue weighted by molar-refractivity contribution is 7.47. The molecule has 19 heteroatoms. The Bertz CT molecular complexity index is 1890. The third-order valence-corrected chi connectivity index (χ3v) is 20.4. The number of aliphatic hydroxyl groups is 1. The topological polar surface area (TPSA) is 237 Å². The molecule has 0 aromatic rings. The van der Waals surface area contributed by atoms with Crippen molar-refractivity contribution < 1.29 is 80.2 Å². The lowest BCUT2D eigenvalue weighted by Gasteiger charge is -2.21. The number of hydrogen-bond acceptors (Lipinski definition) is 15. The van der Waals surface area contributed by atoms with E-state index in [2.05, 4.69) is 55.4 Å². The largest absolute Gasteiger partial charge is 0.472 e. The standard InChI is InChI=1S/C77H150O17P2/c1-9-69(7)55-47-39-33-35-42-50-58-75(80)88-64-72(93-76(81)59-51-43-32-28-24-18-16-14-12-11-13-15-17-21-25-29-37-45-53-67(3)4)65-91-95(83,84)89-61-71(78)62-90-96(85,86)92-66-73(94-77(82)60-52-44-36-34-40-48-56-70(8)10-2)63-87-74(79)57-49-41-31-27-23-20-19-22-26-30-38-46-54-68(5)6/h67-73,78H,9-66H2,1-8H3,(H,83,84)(H,85,86)/t69?,70?,71-,72+,73+/m0/s1. The Morgan fingerprint density at radius 2 is 0.500 bits per heavy atom. The smallest absolute Gasteiger partial charge is 0.462 e. The average molecular weight is 1410 g/mol. The lowest BCUT2D eigenvalue weighted by atomic mass is 10.00. The summed E-state index contributed by atoms with van der Waals surface area (Å²) in [5, 5.41) is 10.6. The number of phosphoric ester groups is 2. The van der Waals surface area contributed by atoms with E-state index < -0.39 is 97.5 Å². The van der Waals surface area contributed by atoms with Crippen LogP contribution in [0, 0.1) is 23.7 Å². The van der Waals surface area contributed by atoms with Crippen LogP contribution in [0.15, 0.2) is 0 Å². The van der Waals surface area contributed by atoms with Crippen molar-refractivity contribution in [3.05, 3.63) is 0 Å². The molecule has 0 aliphatic carbocycles. The molecule has 0 heterocycles. The van der Waals surface area contributed by atoms with Gasteiger partial charge >= 0.3 is 39.5 Å². The van der Waals surface area contributed by atoms with Gasteiger partial charge in [0.05, 0.1) is 26.4 Å². The van der Waals surface area contributed by atoms with Gasteiger partial charge in [-0.15, -0.1) is 0 Å². The number of aliphatic hydroxyl groups excluding tert-OH is 1. The lowest BCUT2D eigenvalue weighted by Crippen LogP contribution is -2.30. The van der Waals surface area contributed by atoms with E-state index in [1.54, 1.807) is 0 Å². The molecule has 0 aromatic heterocycles. The predicted octanol–water partition coefficient (Wildman–Crippen LogP) is 22.4. The Morgan fingerprint density at radius 1 is 0.292 bits per heavy atom. The number of phosphoric acid groups is 2. The van der Waals surface area contributed by atoms with Crippen molar-refractivity contribution in [1.29, 1.82) is 0 Å². The van der Waals surface area contributed by atoms with Gasteiger partial charge in [-0.25, -0.2) is 9.13 Å². The average Bonchev–Trinajstić information content (AvgIpc) is 1.09. The van der Waals surface area contributed by atoms with Crippen molar-refractivity contribution >= 4 is 39.5 Å². The predicted molar refractivity (Wildman–Crippen MR) is 391 cm³/mol. The summed E-state index contributed by atoms with van der Waals surface area (Å²) in [6.45, 7) is 14.2. The van der Waals surface area contributed by atoms with Crippen molar-refractivity contribution in [1.82, 2.24) is 0 Å². The SMILES string of the molecule is CCC(C)CCCCCCCCC(=O)OC[C@H](COP(=O)(O)OC[C@H](O)COP(=O)(O)OC[C@@H](COC(=O)CCCCCCCCCCCCCCC(C)C)OC(=O)CCCCCCCCC(C)CC)OC(=O)CCCCCCCCCCCCCCCCCCCCC(C)C. The Kier molecular flexibility index (Phi) is 65.0. The second-order valence-corrected chi connectivity index (χ2v) is 32.1. The monoisotopic (exact) mass is 1410 g/mol. The number of carbonyl (C=O) groups is 4. The van der Waals surface area contributed by atoms with Crippen LogP contribution in [-0.2, 0) is 65.4 Å². The van der Waals surface area contributed by atoms with E-state index in [4.69, 9.17) is 37.0 Å². The Balaban J connectivity index is 5.17. The van der Waals surface area contributed by atoms with Gasteiger partial charge in [-0.3, -0.25) is 37.3 Å². The molecule has 17 nitrogen and oxygen atoms in total. The van der Waals surface area contributed by atoms with E-state index in [-0.39, 0.29) is 25.7 Å². The Labute approximate surface area is 588 Å². The number of hydrogen-bond donors (Lipinski definition) is 3. The molecule has 0 spiro atoms.